The normalized spacial score (nSPS) is 28.5. The number of hydrogen-bond donors (Lipinski definition) is 4. The van der Waals surface area contributed by atoms with E-state index in [0.29, 0.717) is 10.5 Å². The van der Waals surface area contributed by atoms with Crippen LogP contribution in [0.25, 0.3) is 0 Å². The Morgan fingerprint density at radius 3 is 1.75 bits per heavy atom. The highest BCUT2D eigenvalue weighted by molar-refractivity contribution is 8.02. The molecule has 61 heavy (non-hydrogen) atoms. The van der Waals surface area contributed by atoms with Crippen LogP contribution < -0.4 is 21.3 Å². The summed E-state index contributed by atoms with van der Waals surface area (Å²) >= 11 is 2.56. The first-order chi connectivity index (χ1) is 30.8. The van der Waals surface area contributed by atoms with Gasteiger partial charge < -0.3 is 40.7 Å². The molecule has 8 atom stereocenters. The van der Waals surface area contributed by atoms with Crippen molar-refractivity contribution in [2.75, 3.05) is 26.2 Å². The van der Waals surface area contributed by atoms with E-state index in [4.69, 9.17) is 11.6 Å². The molecule has 324 valence electrons. The number of rotatable bonds is 12. The van der Waals surface area contributed by atoms with Crippen LogP contribution in [-0.2, 0) is 43.1 Å². The van der Waals surface area contributed by atoms with Gasteiger partial charge in [0.05, 0.1) is 6.61 Å². The van der Waals surface area contributed by atoms with Gasteiger partial charge in [-0.1, -0.05) is 60.7 Å². The number of β-lactam (4-membered cyclic amide) rings is 2. The zero-order valence-corrected chi connectivity index (χ0v) is 35.3. The van der Waals surface area contributed by atoms with Crippen molar-refractivity contribution in [3.8, 4) is 0 Å². The molecule has 0 unspecified atom stereocenters. The quantitative estimate of drug-likeness (QED) is 0.131. The first-order valence-corrected chi connectivity index (χ1v) is 21.2. The first kappa shape index (κ1) is 37.2. The largest absolute Gasteiger partial charge is 0.464 e. The molecule has 7 rings (SSSR count). The molecular weight excluding hydrogens is 829 g/mol. The minimum atomic E-state index is -3.30. The molecule has 0 aliphatic carbocycles. The molecule has 4 N–H and O–H groups in total. The molecule has 0 saturated carbocycles. The third-order valence-corrected chi connectivity index (χ3v) is 14.3. The Hall–Kier alpha value is -5.63. The van der Waals surface area contributed by atoms with E-state index in [2.05, 4.69) is 21.3 Å². The van der Waals surface area contributed by atoms with Crippen LogP contribution in [0.15, 0.2) is 60.7 Å². The predicted octanol–water partition coefficient (Wildman–Crippen LogP) is 0.643. The van der Waals surface area contributed by atoms with E-state index in [9.17, 15) is 43.2 Å². The van der Waals surface area contributed by atoms with Crippen LogP contribution in [-0.4, -0.2) is 144 Å². The SMILES string of the molecule is [2H]C([2H])([2H])C([2H])([2H])N1CCN(C(=O)N[C@@H](C(=O)N[C@@H]2C(=O)N3[C@@H]2SC(C)(C)[C@@H]3C(=O)N[C@@H](C(=O)N[C@@H]2C(=O)N3[C@@H]2SC(C)(C)[C@@H]3C(=O)OCC)c2ccccc2)c2ccccc2)C(=O)C1=O. The average molecular weight is 882 g/mol. The van der Waals surface area contributed by atoms with E-state index in [1.54, 1.807) is 69.3 Å². The number of imide groups is 1. The van der Waals surface area contributed by atoms with Crippen molar-refractivity contribution in [1.29, 1.82) is 0 Å². The fraction of sp³-hybridized carbons (Fsp3) is 0.488. The van der Waals surface area contributed by atoms with Crippen molar-refractivity contribution in [3.63, 3.8) is 0 Å². The second-order valence-electron chi connectivity index (χ2n) is 15.9. The van der Waals surface area contributed by atoms with Crippen LogP contribution in [0.1, 0.15) is 71.5 Å². The lowest BCUT2D eigenvalue weighted by Gasteiger charge is -2.45. The van der Waals surface area contributed by atoms with E-state index in [1.807, 2.05) is 13.8 Å². The zero-order chi connectivity index (χ0) is 48.4. The molecule has 9 amide bonds. The summed E-state index contributed by atoms with van der Waals surface area (Å²) < 4.78 is 41.8. The molecule has 18 nitrogen and oxygen atoms in total. The Morgan fingerprint density at radius 1 is 0.754 bits per heavy atom. The summed E-state index contributed by atoms with van der Waals surface area (Å²) in [6.45, 7) is 1.11. The molecule has 0 bridgehead atoms. The number of nitrogens with zero attached hydrogens (tertiary/aromatic N) is 4. The van der Waals surface area contributed by atoms with Gasteiger partial charge in [0.1, 0.15) is 47.0 Å². The second kappa shape index (κ2) is 16.7. The summed E-state index contributed by atoms with van der Waals surface area (Å²) in [5.74, 6) is -7.06. The number of carbonyl (C=O) groups is 9. The number of benzene rings is 2. The van der Waals surface area contributed by atoms with E-state index in [0.717, 1.165) is 0 Å². The van der Waals surface area contributed by atoms with Crippen LogP contribution in [0, 0.1) is 0 Å². The lowest BCUT2D eigenvalue weighted by Crippen LogP contribution is -2.72. The van der Waals surface area contributed by atoms with Gasteiger partial charge in [0.2, 0.25) is 29.5 Å². The van der Waals surface area contributed by atoms with E-state index in [1.165, 1.54) is 45.5 Å². The van der Waals surface area contributed by atoms with Gasteiger partial charge in [-0.05, 0) is 52.6 Å². The number of likely N-dealkylation sites (N-methyl/N-ethyl adjacent to an activating group) is 1. The number of fused-ring (bicyclic) bond motifs is 2. The number of esters is 1. The number of urea groups is 1. The molecule has 2 aromatic rings. The van der Waals surface area contributed by atoms with E-state index < -0.39 is 136 Å². The maximum atomic E-state index is 14.4. The van der Waals surface area contributed by atoms with E-state index >= 15 is 0 Å². The third kappa shape index (κ3) is 7.79. The molecule has 0 aromatic heterocycles. The Kier molecular flexibility index (Phi) is 10.2. The van der Waals surface area contributed by atoms with Gasteiger partial charge in [0.15, 0.2) is 0 Å². The molecule has 5 saturated heterocycles. The topological polar surface area (TPSA) is 224 Å². The number of hydrogen-bond acceptors (Lipinski definition) is 12. The Morgan fingerprint density at radius 2 is 1.25 bits per heavy atom. The van der Waals surface area contributed by atoms with Gasteiger partial charge in [0, 0.05) is 35.9 Å². The van der Waals surface area contributed by atoms with Gasteiger partial charge in [-0.2, -0.15) is 0 Å². The number of carbonyl (C=O) groups excluding carboxylic acids is 9. The summed E-state index contributed by atoms with van der Waals surface area (Å²) in [6.07, 6.45) is 0. The van der Waals surface area contributed by atoms with Crippen molar-refractivity contribution < 1.29 is 54.7 Å². The molecule has 5 fully saturated rings. The lowest BCUT2D eigenvalue weighted by molar-refractivity contribution is -0.164. The molecule has 0 radical (unpaired) electrons. The Balaban J connectivity index is 1.04. The minimum absolute atomic E-state index is 0.129. The Labute approximate surface area is 367 Å². The van der Waals surface area contributed by atoms with Gasteiger partial charge in [-0.3, -0.25) is 38.5 Å². The van der Waals surface area contributed by atoms with Gasteiger partial charge in [-0.15, -0.1) is 23.5 Å². The molecule has 2 aromatic carbocycles. The van der Waals surface area contributed by atoms with Crippen LogP contribution >= 0.6 is 23.5 Å². The van der Waals surface area contributed by atoms with Crippen LogP contribution in [0.3, 0.4) is 0 Å². The summed E-state index contributed by atoms with van der Waals surface area (Å²) in [5.41, 5.74) is 0.602. The maximum absolute atomic E-state index is 14.4. The standard InChI is InChI=1S/C41H48N8O10S2/c1-7-46-19-20-47(35(56)34(46)55)39(58)45-24(22-17-13-10-14-18-22)30(51)44-25-32(53)48-27(40(3,4)60-36(25)48)31(52)42-23(21-15-11-9-12-16-21)29(50)43-26-33(54)49-28(38(57)59-8-2)41(5,6)61-37(26)49/h9-18,23-28,36-37H,7-8,19-20H2,1-6H3,(H,42,52)(H,43,50)(H,44,51)(H,45,58)/t23-,24-,25-,26-,27+,28+,36-,37-/m1/s1/i1D3,7D2. The van der Waals surface area contributed by atoms with E-state index in [-0.39, 0.29) is 17.1 Å². The van der Waals surface area contributed by atoms with Crippen LogP contribution in [0.4, 0.5) is 4.79 Å². The summed E-state index contributed by atoms with van der Waals surface area (Å²) in [5, 5.41) is 9.26. The fourth-order valence-corrected chi connectivity index (χ4v) is 11.5. The highest BCUT2D eigenvalue weighted by Crippen LogP contribution is 2.52. The van der Waals surface area contributed by atoms with Crippen LogP contribution in [0.5, 0.6) is 0 Å². The first-order valence-electron chi connectivity index (χ1n) is 22.0. The summed E-state index contributed by atoms with van der Waals surface area (Å²) in [4.78, 5) is 126. The molecule has 20 heteroatoms. The molecule has 5 aliphatic heterocycles. The number of piperazine rings is 1. The zero-order valence-electron chi connectivity index (χ0n) is 38.7. The Bertz CT molecular complexity index is 2360. The highest BCUT2D eigenvalue weighted by atomic mass is 32.2. The monoisotopic (exact) mass is 881 g/mol. The van der Waals surface area contributed by atoms with Gasteiger partial charge in [0.25, 0.3) is 0 Å². The lowest BCUT2D eigenvalue weighted by atomic mass is 9.93. The molecule has 0 spiro atoms. The molecular formula is C41H48N8O10S2. The summed E-state index contributed by atoms with van der Waals surface area (Å²) in [7, 11) is 0. The molecule has 5 heterocycles. The fourth-order valence-electron chi connectivity index (χ4n) is 8.24. The van der Waals surface area contributed by atoms with Crippen molar-refractivity contribution in [2.24, 2.45) is 0 Å². The minimum Gasteiger partial charge on any atom is -0.464 e. The third-order valence-electron chi connectivity index (χ3n) is 11.2. The molecule has 5 aliphatic rings. The average Bonchev–Trinajstić information content (AvgIpc) is 3.67. The maximum Gasteiger partial charge on any atom is 0.330 e. The van der Waals surface area contributed by atoms with Crippen molar-refractivity contribution in [2.45, 2.75) is 98.0 Å². The predicted molar refractivity (Wildman–Crippen MR) is 222 cm³/mol. The smallest absolute Gasteiger partial charge is 0.330 e. The number of ether oxygens (including phenoxy) is 1. The van der Waals surface area contributed by atoms with Gasteiger partial charge in [-0.25, -0.2) is 9.59 Å². The van der Waals surface area contributed by atoms with Crippen molar-refractivity contribution in [3.05, 3.63) is 71.8 Å². The van der Waals surface area contributed by atoms with Gasteiger partial charge >= 0.3 is 23.8 Å². The number of thioether (sulfide) groups is 2. The number of amides is 9. The second-order valence-corrected chi connectivity index (χ2v) is 19.5. The highest BCUT2D eigenvalue weighted by Gasteiger charge is 2.66. The van der Waals surface area contributed by atoms with Crippen molar-refractivity contribution >= 4 is 76.9 Å². The van der Waals surface area contributed by atoms with Crippen molar-refractivity contribution in [1.82, 2.24) is 40.9 Å². The summed E-state index contributed by atoms with van der Waals surface area (Å²) in [6, 6.07) is 7.74. The van der Waals surface area contributed by atoms with Crippen LogP contribution in [0.2, 0.25) is 0 Å². The number of nitrogens with one attached hydrogen (secondary N) is 4.